The van der Waals surface area contributed by atoms with Crippen LogP contribution in [-0.2, 0) is 7.05 Å². The molecule has 1 aromatic heterocycles. The van der Waals surface area contributed by atoms with Crippen LogP contribution >= 0.6 is 0 Å². The summed E-state index contributed by atoms with van der Waals surface area (Å²) in [6.07, 6.45) is 3.13. The summed E-state index contributed by atoms with van der Waals surface area (Å²) in [6.45, 7) is 8.00. The minimum atomic E-state index is 0.750. The number of rotatable bonds is 0. The fourth-order valence-electron chi connectivity index (χ4n) is 0.468. The summed E-state index contributed by atoms with van der Waals surface area (Å²) >= 11 is 0. The monoisotopic (exact) mass is 171 g/mol. The molecule has 0 saturated heterocycles. The molecule has 0 N–H and O–H groups in total. The van der Waals surface area contributed by atoms with Gasteiger partial charge in [-0.1, -0.05) is 27.7 Å². The second-order valence-corrected chi connectivity index (χ2v) is 1.56. The van der Waals surface area contributed by atoms with Crippen LogP contribution in [0.3, 0.4) is 0 Å². The van der Waals surface area contributed by atoms with Crippen molar-refractivity contribution in [1.82, 2.24) is 4.68 Å². The van der Waals surface area contributed by atoms with E-state index in [1.165, 1.54) is 10.9 Å². The van der Waals surface area contributed by atoms with E-state index in [9.17, 15) is 4.91 Å². The first-order valence-electron chi connectivity index (χ1n) is 4.35. The van der Waals surface area contributed by atoms with E-state index in [1.807, 2.05) is 27.7 Å². The van der Waals surface area contributed by atoms with Crippen molar-refractivity contribution in [3.63, 3.8) is 0 Å². The van der Waals surface area contributed by atoms with E-state index in [-0.39, 0.29) is 0 Å². The SMILES string of the molecule is CC.CC.Cn1cccc[n+]1=O. The highest BCUT2D eigenvalue weighted by Gasteiger charge is 1.88. The van der Waals surface area contributed by atoms with Crippen molar-refractivity contribution in [3.05, 3.63) is 29.4 Å². The van der Waals surface area contributed by atoms with Crippen LogP contribution in [0, 0.1) is 4.91 Å². The Kier molecular flexibility index (Phi) is 11.1. The van der Waals surface area contributed by atoms with Crippen LogP contribution in [0.4, 0.5) is 0 Å². The quantitative estimate of drug-likeness (QED) is 0.549. The first kappa shape index (κ1) is 13.5. The lowest BCUT2D eigenvalue weighted by Crippen LogP contribution is -2.26. The predicted octanol–water partition coefficient (Wildman–Crippen LogP) is 1.99. The molecule has 1 aromatic rings. The standard InChI is InChI=1S/C5H7N2O.2C2H6/c1-6-4-2-3-5-7(6)8;2*1-2/h2-5H,1H3;2*1-2H3/q+1;;. The molecule has 0 aromatic carbocycles. The molecule has 3 heteroatoms. The summed E-state index contributed by atoms with van der Waals surface area (Å²) < 4.78 is 2.19. The molecule has 0 aliphatic rings. The lowest BCUT2D eigenvalue weighted by atomic mass is 10.6. The van der Waals surface area contributed by atoms with Gasteiger partial charge in [0, 0.05) is 6.07 Å². The molecule has 1 rings (SSSR count). The van der Waals surface area contributed by atoms with Gasteiger partial charge in [-0.2, -0.15) is 0 Å². The van der Waals surface area contributed by atoms with Crippen molar-refractivity contribution in [2.75, 3.05) is 0 Å². The smallest absolute Gasteiger partial charge is 0.113 e. The van der Waals surface area contributed by atoms with Crippen LogP contribution in [0.15, 0.2) is 24.5 Å². The molecule has 0 aliphatic carbocycles. The minimum Gasteiger partial charge on any atom is -0.113 e. The molecule has 0 bridgehead atoms. The molecule has 0 spiro atoms. The Hall–Kier alpha value is -1.12. The summed E-state index contributed by atoms with van der Waals surface area (Å²) in [7, 11) is 1.69. The highest BCUT2D eigenvalue weighted by atomic mass is 16.3. The molecular weight excluding hydrogens is 152 g/mol. The van der Waals surface area contributed by atoms with E-state index >= 15 is 0 Å². The van der Waals surface area contributed by atoms with Crippen molar-refractivity contribution in [3.8, 4) is 0 Å². The van der Waals surface area contributed by atoms with Crippen molar-refractivity contribution >= 4 is 0 Å². The number of hydrogen-bond donors (Lipinski definition) is 0. The molecule has 0 radical (unpaired) electrons. The van der Waals surface area contributed by atoms with Gasteiger partial charge in [-0.05, 0) is 6.07 Å². The average Bonchev–Trinajstić information content (AvgIpc) is 2.17. The summed E-state index contributed by atoms with van der Waals surface area (Å²) in [6, 6.07) is 3.49. The summed E-state index contributed by atoms with van der Waals surface area (Å²) in [5, 5.41) is 0. The third-order valence-corrected chi connectivity index (χ3v) is 0.937. The lowest BCUT2D eigenvalue weighted by molar-refractivity contribution is -0.595. The normalized spacial score (nSPS) is 7.08. The Labute approximate surface area is 74.2 Å². The first-order valence-corrected chi connectivity index (χ1v) is 4.35. The van der Waals surface area contributed by atoms with Crippen molar-refractivity contribution in [1.29, 1.82) is 0 Å². The fraction of sp³-hybridized carbons (Fsp3) is 0.556. The Balaban J connectivity index is 0. The van der Waals surface area contributed by atoms with Crippen LogP contribution in [0.5, 0.6) is 0 Å². The van der Waals surface area contributed by atoms with Gasteiger partial charge in [0.15, 0.2) is 4.54 Å². The van der Waals surface area contributed by atoms with Gasteiger partial charge in [0.1, 0.15) is 0 Å². The van der Waals surface area contributed by atoms with Crippen LogP contribution < -0.4 is 4.54 Å². The van der Waals surface area contributed by atoms with Gasteiger partial charge in [-0.15, -0.1) is 4.68 Å². The number of hydrogen-bond acceptors (Lipinski definition) is 1. The minimum absolute atomic E-state index is 0.750. The van der Waals surface area contributed by atoms with E-state index < -0.39 is 0 Å². The van der Waals surface area contributed by atoms with Crippen molar-refractivity contribution in [2.45, 2.75) is 27.7 Å². The number of nitrogens with zero attached hydrogens (tertiary/aromatic N) is 2. The molecule has 0 fully saturated rings. The highest BCUT2D eigenvalue weighted by molar-refractivity contribution is 4.77. The molecule has 0 unspecified atom stereocenters. The zero-order valence-corrected chi connectivity index (χ0v) is 8.61. The van der Waals surface area contributed by atoms with Crippen LogP contribution in [0.2, 0.25) is 0 Å². The maximum absolute atomic E-state index is 10.5. The lowest BCUT2D eigenvalue weighted by Gasteiger charge is -1.78. The van der Waals surface area contributed by atoms with Gasteiger partial charge in [-0.3, -0.25) is 0 Å². The number of aryl methyl sites for hydroxylation is 1. The Bertz CT molecular complexity index is 230. The zero-order valence-electron chi connectivity index (χ0n) is 8.61. The second-order valence-electron chi connectivity index (χ2n) is 1.56. The topological polar surface area (TPSA) is 27.9 Å². The van der Waals surface area contributed by atoms with Crippen LogP contribution in [0.1, 0.15) is 27.7 Å². The van der Waals surface area contributed by atoms with Crippen LogP contribution in [-0.4, -0.2) is 4.68 Å². The van der Waals surface area contributed by atoms with Gasteiger partial charge in [0.2, 0.25) is 0 Å². The summed E-state index contributed by atoms with van der Waals surface area (Å²) in [5.41, 5.74) is 0. The Morgan fingerprint density at radius 2 is 1.58 bits per heavy atom. The summed E-state index contributed by atoms with van der Waals surface area (Å²) in [4.78, 5) is 10.5. The Morgan fingerprint density at radius 3 is 1.83 bits per heavy atom. The molecule has 70 valence electrons. The molecule has 1 heterocycles. The predicted molar refractivity (Wildman–Crippen MR) is 51.5 cm³/mol. The van der Waals surface area contributed by atoms with E-state index in [1.54, 1.807) is 25.4 Å². The highest BCUT2D eigenvalue weighted by Crippen LogP contribution is 1.70. The Morgan fingerprint density at radius 1 is 1.08 bits per heavy atom. The van der Waals surface area contributed by atoms with Gasteiger partial charge in [0.05, 0.1) is 18.2 Å². The third-order valence-electron chi connectivity index (χ3n) is 0.937. The van der Waals surface area contributed by atoms with Gasteiger partial charge in [0.25, 0.3) is 6.20 Å². The van der Waals surface area contributed by atoms with Gasteiger partial charge >= 0.3 is 0 Å². The average molecular weight is 171 g/mol. The molecule has 0 saturated carbocycles. The maximum Gasteiger partial charge on any atom is 0.257 e. The van der Waals surface area contributed by atoms with Crippen LogP contribution in [0.25, 0.3) is 0 Å². The van der Waals surface area contributed by atoms with E-state index in [2.05, 4.69) is 0 Å². The molecule has 0 atom stereocenters. The van der Waals surface area contributed by atoms with E-state index in [0.717, 1.165) is 4.54 Å². The second kappa shape index (κ2) is 9.88. The zero-order chi connectivity index (χ0) is 9.98. The molecule has 0 aliphatic heterocycles. The largest absolute Gasteiger partial charge is 0.257 e. The maximum atomic E-state index is 10.5. The third kappa shape index (κ3) is 5.65. The fourth-order valence-corrected chi connectivity index (χ4v) is 0.468. The van der Waals surface area contributed by atoms with Gasteiger partial charge in [-0.25, -0.2) is 0 Å². The molecule has 12 heavy (non-hydrogen) atoms. The van der Waals surface area contributed by atoms with Crippen molar-refractivity contribution in [2.24, 2.45) is 7.05 Å². The summed E-state index contributed by atoms with van der Waals surface area (Å²) in [5.74, 6) is 0. The number of aromatic nitrogens is 2. The molecule has 0 amide bonds. The van der Waals surface area contributed by atoms with E-state index in [0.29, 0.717) is 0 Å². The first-order chi connectivity index (χ1) is 5.80. The van der Waals surface area contributed by atoms with E-state index in [4.69, 9.17) is 0 Å². The van der Waals surface area contributed by atoms with Crippen molar-refractivity contribution < 1.29 is 4.54 Å². The van der Waals surface area contributed by atoms with Gasteiger partial charge < -0.3 is 0 Å². The molecular formula is C9H19N2O+. The molecule has 3 nitrogen and oxygen atoms in total.